The maximum atomic E-state index is 12.0. The minimum absolute atomic E-state index is 0.101. The van der Waals surface area contributed by atoms with Gasteiger partial charge in [-0.25, -0.2) is 4.98 Å². The van der Waals surface area contributed by atoms with Crippen molar-refractivity contribution < 1.29 is 9.47 Å². The predicted molar refractivity (Wildman–Crippen MR) is 77.7 cm³/mol. The summed E-state index contributed by atoms with van der Waals surface area (Å²) >= 11 is 0. The quantitative estimate of drug-likeness (QED) is 0.727. The molecule has 1 aromatic heterocycles. The second-order valence-electron chi connectivity index (χ2n) is 4.37. The molecule has 0 bridgehead atoms. The zero-order valence-electron chi connectivity index (χ0n) is 11.9. The Bertz CT molecular complexity index is 603. The second-order valence-corrected chi connectivity index (χ2v) is 4.37. The van der Waals surface area contributed by atoms with Crippen LogP contribution in [-0.2, 0) is 16.0 Å². The minimum Gasteiger partial charge on any atom is -0.353 e. The number of hydrogen-bond acceptors (Lipinski definition) is 4. The lowest BCUT2D eigenvalue weighted by molar-refractivity contribution is -0.140. The van der Waals surface area contributed by atoms with Gasteiger partial charge in [-0.05, 0) is 26.0 Å². The van der Waals surface area contributed by atoms with Gasteiger partial charge >= 0.3 is 0 Å². The van der Waals surface area contributed by atoms with Crippen LogP contribution in [0.3, 0.4) is 0 Å². The summed E-state index contributed by atoms with van der Waals surface area (Å²) in [5, 5.41) is 0. The van der Waals surface area contributed by atoms with E-state index in [1.807, 2.05) is 38.1 Å². The van der Waals surface area contributed by atoms with E-state index in [1.165, 1.54) is 6.20 Å². The molecule has 5 nitrogen and oxygen atoms in total. The van der Waals surface area contributed by atoms with E-state index < -0.39 is 0 Å². The Morgan fingerprint density at radius 2 is 1.90 bits per heavy atom. The smallest absolute Gasteiger partial charge is 0.269 e. The van der Waals surface area contributed by atoms with E-state index in [1.54, 1.807) is 4.57 Å². The number of benzene rings is 1. The second kappa shape index (κ2) is 7.17. The van der Waals surface area contributed by atoms with Crippen molar-refractivity contribution in [1.29, 1.82) is 0 Å². The number of aromatic nitrogens is 2. The van der Waals surface area contributed by atoms with Crippen molar-refractivity contribution in [3.05, 3.63) is 40.8 Å². The lowest BCUT2D eigenvalue weighted by atomic mass is 10.3. The van der Waals surface area contributed by atoms with Gasteiger partial charge in [-0.15, -0.1) is 0 Å². The van der Waals surface area contributed by atoms with Crippen LogP contribution in [0.2, 0.25) is 0 Å². The molecule has 0 fully saturated rings. The van der Waals surface area contributed by atoms with Crippen molar-refractivity contribution in [2.75, 3.05) is 13.2 Å². The lowest BCUT2D eigenvalue weighted by Crippen LogP contribution is -2.25. The van der Waals surface area contributed by atoms with Crippen molar-refractivity contribution in [3.63, 3.8) is 0 Å². The number of rotatable bonds is 7. The first-order valence-corrected chi connectivity index (χ1v) is 6.94. The zero-order valence-corrected chi connectivity index (χ0v) is 11.9. The van der Waals surface area contributed by atoms with E-state index in [2.05, 4.69) is 4.98 Å². The Labute approximate surface area is 118 Å². The largest absolute Gasteiger partial charge is 0.353 e. The van der Waals surface area contributed by atoms with Gasteiger partial charge in [-0.1, -0.05) is 12.1 Å². The van der Waals surface area contributed by atoms with Gasteiger partial charge in [0.1, 0.15) is 0 Å². The molecule has 0 atom stereocenters. The average molecular weight is 276 g/mol. The highest BCUT2D eigenvalue weighted by Crippen LogP contribution is 2.10. The molecule has 0 aliphatic rings. The summed E-state index contributed by atoms with van der Waals surface area (Å²) in [5.41, 5.74) is 1.55. The summed E-state index contributed by atoms with van der Waals surface area (Å²) in [4.78, 5) is 16.1. The van der Waals surface area contributed by atoms with Crippen molar-refractivity contribution in [1.82, 2.24) is 9.55 Å². The van der Waals surface area contributed by atoms with Crippen LogP contribution in [0.25, 0.3) is 11.0 Å². The first-order chi connectivity index (χ1) is 9.76. The minimum atomic E-state index is -0.274. The molecule has 0 unspecified atom stereocenters. The SMILES string of the molecule is CCOC(CCn1c(=O)cnc2ccccc21)OCC. The van der Waals surface area contributed by atoms with Crippen LogP contribution in [0.5, 0.6) is 0 Å². The summed E-state index contributed by atoms with van der Waals surface area (Å²) in [5.74, 6) is 0. The van der Waals surface area contributed by atoms with Crippen LogP contribution in [0.15, 0.2) is 35.3 Å². The fraction of sp³-hybridized carbons (Fsp3) is 0.467. The molecular formula is C15H20N2O3. The van der Waals surface area contributed by atoms with Crippen LogP contribution >= 0.6 is 0 Å². The molecular weight excluding hydrogens is 256 g/mol. The standard InChI is InChI=1S/C15H20N2O3/c1-3-19-15(20-4-2)9-10-17-13-8-6-5-7-12(13)16-11-14(17)18/h5-8,11,15H,3-4,9-10H2,1-2H3. The Hall–Kier alpha value is -1.72. The van der Waals surface area contributed by atoms with Crippen molar-refractivity contribution in [3.8, 4) is 0 Å². The monoisotopic (exact) mass is 276 g/mol. The summed E-state index contributed by atoms with van der Waals surface area (Å²) in [6, 6.07) is 7.61. The van der Waals surface area contributed by atoms with E-state index in [0.29, 0.717) is 26.2 Å². The maximum absolute atomic E-state index is 12.0. The number of aryl methyl sites for hydroxylation is 1. The van der Waals surface area contributed by atoms with Crippen LogP contribution < -0.4 is 5.56 Å². The first-order valence-electron chi connectivity index (χ1n) is 6.94. The molecule has 0 saturated carbocycles. The Balaban J connectivity index is 2.20. The van der Waals surface area contributed by atoms with Gasteiger partial charge in [0.25, 0.3) is 5.56 Å². The fourth-order valence-corrected chi connectivity index (χ4v) is 2.17. The highest BCUT2D eigenvalue weighted by atomic mass is 16.7. The zero-order chi connectivity index (χ0) is 14.4. The third-order valence-corrected chi connectivity index (χ3v) is 3.05. The van der Waals surface area contributed by atoms with Crippen LogP contribution in [0.4, 0.5) is 0 Å². The molecule has 0 aliphatic heterocycles. The van der Waals surface area contributed by atoms with Crippen molar-refractivity contribution >= 4 is 11.0 Å². The van der Waals surface area contributed by atoms with Crippen LogP contribution in [-0.4, -0.2) is 29.1 Å². The normalized spacial score (nSPS) is 11.3. The Morgan fingerprint density at radius 1 is 1.20 bits per heavy atom. The summed E-state index contributed by atoms with van der Waals surface area (Å²) in [7, 11) is 0. The molecule has 0 N–H and O–H groups in total. The molecule has 0 radical (unpaired) electrons. The van der Waals surface area contributed by atoms with Gasteiger partial charge in [0.05, 0.1) is 17.2 Å². The number of hydrogen-bond donors (Lipinski definition) is 0. The molecule has 2 aromatic rings. The molecule has 1 heterocycles. The third kappa shape index (κ3) is 3.43. The van der Waals surface area contributed by atoms with Crippen molar-refractivity contribution in [2.45, 2.75) is 33.1 Å². The van der Waals surface area contributed by atoms with Gasteiger partial charge in [0, 0.05) is 26.2 Å². The predicted octanol–water partition coefficient (Wildman–Crippen LogP) is 2.19. The number of nitrogens with zero attached hydrogens (tertiary/aromatic N) is 2. The average Bonchev–Trinajstić information content (AvgIpc) is 2.46. The third-order valence-electron chi connectivity index (χ3n) is 3.05. The molecule has 20 heavy (non-hydrogen) atoms. The number of para-hydroxylation sites is 2. The van der Waals surface area contributed by atoms with E-state index in [0.717, 1.165) is 11.0 Å². The topological polar surface area (TPSA) is 53.4 Å². The van der Waals surface area contributed by atoms with Crippen LogP contribution in [0.1, 0.15) is 20.3 Å². The first kappa shape index (κ1) is 14.7. The lowest BCUT2D eigenvalue weighted by Gasteiger charge is -2.18. The van der Waals surface area contributed by atoms with E-state index >= 15 is 0 Å². The Morgan fingerprint density at radius 3 is 2.60 bits per heavy atom. The molecule has 1 aromatic carbocycles. The summed E-state index contributed by atoms with van der Waals surface area (Å²) < 4.78 is 12.7. The number of fused-ring (bicyclic) bond motifs is 1. The van der Waals surface area contributed by atoms with Gasteiger partial charge < -0.3 is 14.0 Å². The molecule has 2 rings (SSSR count). The van der Waals surface area contributed by atoms with E-state index in [9.17, 15) is 4.79 Å². The molecule has 0 saturated heterocycles. The molecule has 0 aliphatic carbocycles. The highest BCUT2D eigenvalue weighted by Gasteiger charge is 2.10. The fourth-order valence-electron chi connectivity index (χ4n) is 2.17. The highest BCUT2D eigenvalue weighted by molar-refractivity contribution is 5.74. The Kier molecular flexibility index (Phi) is 5.26. The molecule has 5 heteroatoms. The van der Waals surface area contributed by atoms with Crippen LogP contribution in [0, 0.1) is 0 Å². The van der Waals surface area contributed by atoms with E-state index in [-0.39, 0.29) is 11.8 Å². The van der Waals surface area contributed by atoms with Crippen molar-refractivity contribution in [2.24, 2.45) is 0 Å². The van der Waals surface area contributed by atoms with Gasteiger partial charge in [0.15, 0.2) is 6.29 Å². The summed E-state index contributed by atoms with van der Waals surface area (Å²) in [6.45, 7) is 5.60. The number of ether oxygens (including phenoxy) is 2. The van der Waals surface area contributed by atoms with E-state index in [4.69, 9.17) is 9.47 Å². The van der Waals surface area contributed by atoms with Gasteiger partial charge in [-0.2, -0.15) is 0 Å². The molecule has 108 valence electrons. The van der Waals surface area contributed by atoms with Gasteiger partial charge in [-0.3, -0.25) is 4.79 Å². The maximum Gasteiger partial charge on any atom is 0.269 e. The molecule has 0 amide bonds. The summed E-state index contributed by atoms with van der Waals surface area (Å²) in [6.07, 6.45) is 1.72. The van der Waals surface area contributed by atoms with Gasteiger partial charge in [0.2, 0.25) is 0 Å². The molecule has 0 spiro atoms.